The van der Waals surface area contributed by atoms with Gasteiger partial charge in [-0.15, -0.1) is 0 Å². The summed E-state index contributed by atoms with van der Waals surface area (Å²) in [5.41, 5.74) is 5.07. The molecule has 0 radical (unpaired) electrons. The molecule has 7 nitrogen and oxygen atoms in total. The van der Waals surface area contributed by atoms with Gasteiger partial charge in [-0.05, 0) is 44.9 Å². The molecule has 0 aliphatic rings. The fourth-order valence-corrected chi connectivity index (χ4v) is 3.04. The molecule has 0 aliphatic heterocycles. The van der Waals surface area contributed by atoms with Crippen LogP contribution in [0.4, 0.5) is 0 Å². The third-order valence-electron chi connectivity index (χ3n) is 5.00. The van der Waals surface area contributed by atoms with Crippen molar-refractivity contribution < 1.29 is 14.1 Å². The Labute approximate surface area is 164 Å². The Kier molecular flexibility index (Phi) is 5.82. The van der Waals surface area contributed by atoms with Gasteiger partial charge in [-0.25, -0.2) is 0 Å². The third kappa shape index (κ3) is 4.08. The van der Waals surface area contributed by atoms with Crippen LogP contribution in [0.25, 0.3) is 0 Å². The summed E-state index contributed by atoms with van der Waals surface area (Å²) in [6, 6.07) is 7.91. The van der Waals surface area contributed by atoms with Crippen LogP contribution in [-0.2, 0) is 26.6 Å². The first kappa shape index (κ1) is 19.7. The molecule has 0 aliphatic carbocycles. The number of hydrogen-bond donors (Lipinski definition) is 1. The number of hydrogen-bond acceptors (Lipinski definition) is 5. The molecule has 3 aromatic rings. The molecule has 0 fully saturated rings. The van der Waals surface area contributed by atoms with Gasteiger partial charge in [0.15, 0.2) is 5.69 Å². The summed E-state index contributed by atoms with van der Waals surface area (Å²) in [4.78, 5) is 12.7. The fourth-order valence-electron chi connectivity index (χ4n) is 3.04. The molecular formula is C21H26N4O3. The molecule has 28 heavy (non-hydrogen) atoms. The minimum Gasteiger partial charge on any atom is -0.489 e. The van der Waals surface area contributed by atoms with E-state index >= 15 is 0 Å². The van der Waals surface area contributed by atoms with Gasteiger partial charge < -0.3 is 14.6 Å². The van der Waals surface area contributed by atoms with E-state index in [1.165, 1.54) is 5.56 Å². The Morgan fingerprint density at radius 1 is 1.18 bits per heavy atom. The van der Waals surface area contributed by atoms with Gasteiger partial charge in [0, 0.05) is 24.8 Å². The molecule has 0 spiro atoms. The van der Waals surface area contributed by atoms with Crippen molar-refractivity contribution in [3.8, 4) is 5.75 Å². The first-order valence-corrected chi connectivity index (χ1v) is 9.34. The second-order valence-corrected chi connectivity index (χ2v) is 6.81. The van der Waals surface area contributed by atoms with Gasteiger partial charge in [0.05, 0.1) is 11.3 Å². The van der Waals surface area contributed by atoms with Gasteiger partial charge >= 0.3 is 0 Å². The molecule has 0 saturated heterocycles. The van der Waals surface area contributed by atoms with Crippen molar-refractivity contribution in [2.24, 2.45) is 7.05 Å². The Morgan fingerprint density at radius 2 is 1.89 bits per heavy atom. The number of aryl methyl sites for hydroxylation is 4. The minimum atomic E-state index is -0.292. The standard InChI is InChI=1S/C21H26N4O3/c1-6-16-7-9-17(10-8-16)27-12-19-15(4)28-24-20(19)21(26)22-11-18-13(2)23-25(5)14(18)3/h7-10H,6,11-12H2,1-5H3,(H,22,26). The summed E-state index contributed by atoms with van der Waals surface area (Å²) in [6.45, 7) is 8.39. The zero-order valence-electron chi connectivity index (χ0n) is 17.0. The summed E-state index contributed by atoms with van der Waals surface area (Å²) in [7, 11) is 1.89. The molecule has 1 aromatic carbocycles. The number of amides is 1. The van der Waals surface area contributed by atoms with Crippen LogP contribution in [0.5, 0.6) is 5.75 Å². The van der Waals surface area contributed by atoms with Crippen molar-refractivity contribution in [1.29, 1.82) is 0 Å². The molecule has 0 bridgehead atoms. The Hall–Kier alpha value is -3.09. The van der Waals surface area contributed by atoms with Gasteiger partial charge in [0.25, 0.3) is 5.91 Å². The number of rotatable bonds is 7. The van der Waals surface area contributed by atoms with Crippen molar-refractivity contribution in [2.75, 3.05) is 0 Å². The number of nitrogens with one attached hydrogen (secondary N) is 1. The predicted octanol–water partition coefficient (Wildman–Crippen LogP) is 3.40. The highest BCUT2D eigenvalue weighted by Gasteiger charge is 2.21. The summed E-state index contributed by atoms with van der Waals surface area (Å²) in [6.07, 6.45) is 0.977. The fraction of sp³-hybridized carbons (Fsp3) is 0.381. The molecule has 3 rings (SSSR count). The van der Waals surface area contributed by atoms with Gasteiger partial charge in [0.1, 0.15) is 18.1 Å². The van der Waals surface area contributed by atoms with Gasteiger partial charge in [-0.2, -0.15) is 5.10 Å². The van der Waals surface area contributed by atoms with Crippen LogP contribution in [0.15, 0.2) is 28.8 Å². The molecular weight excluding hydrogens is 356 g/mol. The molecule has 0 atom stereocenters. The van der Waals surface area contributed by atoms with E-state index in [1.54, 1.807) is 11.6 Å². The lowest BCUT2D eigenvalue weighted by atomic mass is 10.1. The molecule has 0 saturated carbocycles. The Bertz CT molecular complexity index is 970. The second kappa shape index (κ2) is 8.29. The largest absolute Gasteiger partial charge is 0.489 e. The number of carbonyl (C=O) groups is 1. The van der Waals surface area contributed by atoms with E-state index in [0.717, 1.165) is 29.1 Å². The highest BCUT2D eigenvalue weighted by Crippen LogP contribution is 2.19. The Morgan fingerprint density at radius 3 is 2.50 bits per heavy atom. The van der Waals surface area contributed by atoms with Crippen molar-refractivity contribution in [3.05, 3.63) is 63.8 Å². The van der Waals surface area contributed by atoms with Crippen LogP contribution in [0.3, 0.4) is 0 Å². The monoisotopic (exact) mass is 382 g/mol. The second-order valence-electron chi connectivity index (χ2n) is 6.81. The third-order valence-corrected chi connectivity index (χ3v) is 5.00. The van der Waals surface area contributed by atoms with Crippen LogP contribution in [0, 0.1) is 20.8 Å². The normalized spacial score (nSPS) is 10.9. The summed E-state index contributed by atoms with van der Waals surface area (Å²) >= 11 is 0. The summed E-state index contributed by atoms with van der Waals surface area (Å²) < 4.78 is 12.9. The van der Waals surface area contributed by atoms with Crippen LogP contribution in [-0.4, -0.2) is 20.8 Å². The summed E-state index contributed by atoms with van der Waals surface area (Å²) in [5.74, 6) is 1.02. The zero-order valence-corrected chi connectivity index (χ0v) is 17.0. The van der Waals surface area contributed by atoms with Crippen LogP contribution < -0.4 is 10.1 Å². The highest BCUT2D eigenvalue weighted by atomic mass is 16.5. The number of nitrogens with zero attached hydrogens (tertiary/aromatic N) is 3. The SMILES string of the molecule is CCc1ccc(OCc2c(C(=O)NCc3c(C)nn(C)c3C)noc2C)cc1. The van der Waals surface area contributed by atoms with E-state index in [4.69, 9.17) is 9.26 Å². The maximum absolute atomic E-state index is 12.7. The van der Waals surface area contributed by atoms with E-state index in [1.807, 2.05) is 45.2 Å². The molecule has 2 aromatic heterocycles. The van der Waals surface area contributed by atoms with Gasteiger partial charge in [0.2, 0.25) is 0 Å². The van der Waals surface area contributed by atoms with Crippen molar-refractivity contribution in [1.82, 2.24) is 20.3 Å². The van der Waals surface area contributed by atoms with Crippen molar-refractivity contribution in [2.45, 2.75) is 47.3 Å². The van der Waals surface area contributed by atoms with Crippen LogP contribution in [0.1, 0.15) is 51.3 Å². The lowest BCUT2D eigenvalue weighted by molar-refractivity contribution is 0.0939. The molecule has 1 amide bonds. The predicted molar refractivity (Wildman–Crippen MR) is 105 cm³/mol. The van der Waals surface area contributed by atoms with Crippen LogP contribution in [0.2, 0.25) is 0 Å². The molecule has 1 N–H and O–H groups in total. The van der Waals surface area contributed by atoms with Crippen molar-refractivity contribution >= 4 is 5.91 Å². The number of aromatic nitrogens is 3. The highest BCUT2D eigenvalue weighted by molar-refractivity contribution is 5.93. The maximum atomic E-state index is 12.7. The van der Waals surface area contributed by atoms with Gasteiger partial charge in [-0.1, -0.05) is 24.2 Å². The molecule has 2 heterocycles. The molecule has 7 heteroatoms. The smallest absolute Gasteiger partial charge is 0.274 e. The minimum absolute atomic E-state index is 0.217. The first-order valence-electron chi connectivity index (χ1n) is 9.34. The van der Waals surface area contributed by atoms with E-state index in [0.29, 0.717) is 17.9 Å². The van der Waals surface area contributed by atoms with Gasteiger partial charge in [-0.3, -0.25) is 9.48 Å². The number of ether oxygens (including phenoxy) is 1. The van der Waals surface area contributed by atoms with E-state index < -0.39 is 0 Å². The van der Waals surface area contributed by atoms with Crippen LogP contribution >= 0.6 is 0 Å². The molecule has 148 valence electrons. The first-order chi connectivity index (χ1) is 13.4. The number of benzene rings is 1. The average Bonchev–Trinajstić information content (AvgIpc) is 3.17. The lowest BCUT2D eigenvalue weighted by Crippen LogP contribution is -2.25. The van der Waals surface area contributed by atoms with E-state index in [9.17, 15) is 4.79 Å². The van der Waals surface area contributed by atoms with E-state index in [2.05, 4.69) is 22.5 Å². The molecule has 0 unspecified atom stereocenters. The Balaban J connectivity index is 1.68. The van der Waals surface area contributed by atoms with E-state index in [-0.39, 0.29) is 18.2 Å². The maximum Gasteiger partial charge on any atom is 0.274 e. The quantitative estimate of drug-likeness (QED) is 0.677. The lowest BCUT2D eigenvalue weighted by Gasteiger charge is -2.08. The zero-order chi connectivity index (χ0) is 20.3. The average molecular weight is 382 g/mol. The number of carbonyl (C=O) groups excluding carboxylic acids is 1. The van der Waals surface area contributed by atoms with Crippen molar-refractivity contribution in [3.63, 3.8) is 0 Å². The summed E-state index contributed by atoms with van der Waals surface area (Å²) in [5, 5.41) is 11.2. The topological polar surface area (TPSA) is 82.2 Å².